The first-order chi connectivity index (χ1) is 10.5. The molecule has 0 saturated carbocycles. The van der Waals surface area contributed by atoms with E-state index in [0.29, 0.717) is 16.9 Å². The fraction of sp³-hybridized carbons (Fsp3) is 0.0625. The lowest BCUT2D eigenvalue weighted by Gasteiger charge is -2.01. The van der Waals surface area contributed by atoms with E-state index in [2.05, 4.69) is 0 Å². The number of nitro benzene ring substituents is 1. The number of hydrogen-bond donors (Lipinski definition) is 1. The molecule has 0 saturated heterocycles. The maximum atomic E-state index is 12.0. The third-order valence-corrected chi connectivity index (χ3v) is 2.98. The summed E-state index contributed by atoms with van der Waals surface area (Å²) in [5, 5.41) is 20.1. The van der Waals surface area contributed by atoms with Crippen LogP contribution in [0, 0.1) is 10.1 Å². The number of benzene rings is 2. The number of allylic oxidation sites excluding steroid dienone is 1. The van der Waals surface area contributed by atoms with Crippen molar-refractivity contribution in [1.82, 2.24) is 0 Å². The fourth-order valence-electron chi connectivity index (χ4n) is 1.83. The van der Waals surface area contributed by atoms with Crippen LogP contribution >= 0.6 is 0 Å². The minimum Gasteiger partial charge on any atom is -0.502 e. The molecule has 22 heavy (non-hydrogen) atoms. The van der Waals surface area contributed by atoms with Gasteiger partial charge >= 0.3 is 5.69 Å². The van der Waals surface area contributed by atoms with Crippen molar-refractivity contribution >= 4 is 17.5 Å². The standard InChI is InChI=1S/C16H13NO5/c1-22-13-4-2-3-12(10-13)15(18)7-5-11-6-8-16(19)14(9-11)17(20)21/h2-10,19H,1H3/b7-5+. The van der Waals surface area contributed by atoms with E-state index < -0.39 is 16.4 Å². The Morgan fingerprint density at radius 3 is 2.73 bits per heavy atom. The van der Waals surface area contributed by atoms with Gasteiger partial charge in [0.15, 0.2) is 11.5 Å². The highest BCUT2D eigenvalue weighted by atomic mass is 16.6. The number of ether oxygens (including phenoxy) is 1. The second-order valence-corrected chi connectivity index (χ2v) is 4.43. The number of ketones is 1. The average molecular weight is 299 g/mol. The number of carbonyl (C=O) groups excluding carboxylic acids is 1. The molecule has 6 nitrogen and oxygen atoms in total. The minimum absolute atomic E-state index is 0.255. The zero-order chi connectivity index (χ0) is 16.1. The summed E-state index contributed by atoms with van der Waals surface area (Å²) in [5.41, 5.74) is 0.487. The maximum absolute atomic E-state index is 12.0. The summed E-state index contributed by atoms with van der Waals surface area (Å²) in [5.74, 6) is -0.101. The van der Waals surface area contributed by atoms with Crippen molar-refractivity contribution in [3.8, 4) is 11.5 Å². The van der Waals surface area contributed by atoms with Gasteiger partial charge in [-0.05, 0) is 29.8 Å². The molecule has 0 unspecified atom stereocenters. The molecule has 0 atom stereocenters. The molecule has 0 aliphatic rings. The van der Waals surface area contributed by atoms with Gasteiger partial charge in [0.2, 0.25) is 0 Å². The van der Waals surface area contributed by atoms with Crippen LogP contribution in [0.2, 0.25) is 0 Å². The Balaban J connectivity index is 2.22. The van der Waals surface area contributed by atoms with Gasteiger partial charge in [-0.3, -0.25) is 14.9 Å². The highest BCUT2D eigenvalue weighted by Crippen LogP contribution is 2.26. The van der Waals surface area contributed by atoms with E-state index in [4.69, 9.17) is 4.74 Å². The lowest BCUT2D eigenvalue weighted by Crippen LogP contribution is -1.95. The molecular formula is C16H13NO5. The molecule has 2 aromatic carbocycles. The van der Waals surface area contributed by atoms with Crippen LogP contribution in [-0.2, 0) is 0 Å². The Morgan fingerprint density at radius 2 is 2.05 bits per heavy atom. The molecule has 1 N–H and O–H groups in total. The zero-order valence-electron chi connectivity index (χ0n) is 11.7. The van der Waals surface area contributed by atoms with Crippen molar-refractivity contribution in [2.45, 2.75) is 0 Å². The lowest BCUT2D eigenvalue weighted by molar-refractivity contribution is -0.385. The van der Waals surface area contributed by atoms with E-state index in [9.17, 15) is 20.0 Å². The third kappa shape index (κ3) is 3.49. The first-order valence-electron chi connectivity index (χ1n) is 6.35. The van der Waals surface area contributed by atoms with Gasteiger partial charge in [0, 0.05) is 11.6 Å². The number of phenolic OH excluding ortho intramolecular Hbond substituents is 1. The normalized spacial score (nSPS) is 10.6. The van der Waals surface area contributed by atoms with Crippen molar-refractivity contribution in [2.75, 3.05) is 7.11 Å². The van der Waals surface area contributed by atoms with E-state index in [1.807, 2.05) is 0 Å². The first-order valence-corrected chi connectivity index (χ1v) is 6.35. The highest BCUT2D eigenvalue weighted by molar-refractivity contribution is 6.07. The fourth-order valence-corrected chi connectivity index (χ4v) is 1.83. The van der Waals surface area contributed by atoms with E-state index in [1.54, 1.807) is 24.3 Å². The van der Waals surface area contributed by atoms with E-state index in [-0.39, 0.29) is 5.78 Å². The number of hydrogen-bond acceptors (Lipinski definition) is 5. The van der Waals surface area contributed by atoms with Crippen molar-refractivity contribution in [3.63, 3.8) is 0 Å². The Bertz CT molecular complexity index is 752. The quantitative estimate of drug-likeness (QED) is 0.396. The second-order valence-electron chi connectivity index (χ2n) is 4.43. The molecule has 6 heteroatoms. The molecule has 0 aliphatic heterocycles. The Morgan fingerprint density at radius 1 is 1.27 bits per heavy atom. The van der Waals surface area contributed by atoms with Crippen LogP contribution in [0.5, 0.6) is 11.5 Å². The molecule has 0 bridgehead atoms. The van der Waals surface area contributed by atoms with E-state index in [0.717, 1.165) is 0 Å². The smallest absolute Gasteiger partial charge is 0.311 e. The summed E-state index contributed by atoms with van der Waals surface area (Å²) in [6.07, 6.45) is 2.76. The molecule has 0 aliphatic carbocycles. The molecule has 0 heterocycles. The minimum atomic E-state index is -0.684. The van der Waals surface area contributed by atoms with E-state index >= 15 is 0 Å². The molecule has 0 amide bonds. The molecule has 2 rings (SSSR count). The summed E-state index contributed by atoms with van der Waals surface area (Å²) in [6, 6.07) is 10.6. The molecule has 0 aromatic heterocycles. The van der Waals surface area contributed by atoms with Gasteiger partial charge in [-0.25, -0.2) is 0 Å². The number of phenols is 1. The van der Waals surface area contributed by atoms with Crippen molar-refractivity contribution in [2.24, 2.45) is 0 Å². The topological polar surface area (TPSA) is 89.7 Å². The largest absolute Gasteiger partial charge is 0.502 e. The van der Waals surface area contributed by atoms with Crippen molar-refractivity contribution < 1.29 is 19.6 Å². The Hall–Kier alpha value is -3.15. The maximum Gasteiger partial charge on any atom is 0.311 e. The summed E-state index contributed by atoms with van der Waals surface area (Å²) in [6.45, 7) is 0. The second kappa shape index (κ2) is 6.53. The zero-order valence-corrected chi connectivity index (χ0v) is 11.7. The van der Waals surface area contributed by atoms with Crippen LogP contribution in [-0.4, -0.2) is 22.9 Å². The Kier molecular flexibility index (Phi) is 4.53. The lowest BCUT2D eigenvalue weighted by atomic mass is 10.1. The summed E-state index contributed by atoms with van der Waals surface area (Å²) < 4.78 is 5.04. The van der Waals surface area contributed by atoms with Gasteiger partial charge in [0.1, 0.15) is 5.75 Å². The van der Waals surface area contributed by atoms with Gasteiger partial charge in [-0.2, -0.15) is 0 Å². The number of aromatic hydroxyl groups is 1. The number of nitro groups is 1. The SMILES string of the molecule is COc1cccc(C(=O)/C=C/c2ccc(O)c([N+](=O)[O-])c2)c1. The van der Waals surface area contributed by atoms with Crippen LogP contribution in [0.3, 0.4) is 0 Å². The number of rotatable bonds is 5. The number of methoxy groups -OCH3 is 1. The van der Waals surface area contributed by atoms with Gasteiger partial charge in [0.05, 0.1) is 12.0 Å². The third-order valence-electron chi connectivity index (χ3n) is 2.98. The molecule has 112 valence electrons. The van der Waals surface area contributed by atoms with Crippen LogP contribution in [0.4, 0.5) is 5.69 Å². The van der Waals surface area contributed by atoms with Crippen LogP contribution in [0.1, 0.15) is 15.9 Å². The van der Waals surface area contributed by atoms with E-state index in [1.165, 1.54) is 37.5 Å². The van der Waals surface area contributed by atoms with Gasteiger partial charge < -0.3 is 9.84 Å². The molecule has 2 aromatic rings. The van der Waals surface area contributed by atoms with Gasteiger partial charge in [0.25, 0.3) is 0 Å². The predicted octanol–water partition coefficient (Wildman–Crippen LogP) is 3.21. The molecule has 0 spiro atoms. The summed E-state index contributed by atoms with van der Waals surface area (Å²) >= 11 is 0. The molecule has 0 radical (unpaired) electrons. The summed E-state index contributed by atoms with van der Waals surface area (Å²) in [7, 11) is 1.51. The van der Waals surface area contributed by atoms with Gasteiger partial charge in [-0.15, -0.1) is 0 Å². The van der Waals surface area contributed by atoms with Crippen LogP contribution in [0.25, 0.3) is 6.08 Å². The number of carbonyl (C=O) groups is 1. The average Bonchev–Trinajstić information content (AvgIpc) is 2.53. The predicted molar refractivity (Wildman–Crippen MR) is 81.1 cm³/mol. The summed E-state index contributed by atoms with van der Waals surface area (Å²) in [4.78, 5) is 22.1. The van der Waals surface area contributed by atoms with Crippen LogP contribution in [0.15, 0.2) is 48.5 Å². The van der Waals surface area contributed by atoms with Crippen LogP contribution < -0.4 is 4.74 Å². The first kappa shape index (κ1) is 15.2. The van der Waals surface area contributed by atoms with Gasteiger partial charge in [-0.1, -0.05) is 24.3 Å². The monoisotopic (exact) mass is 299 g/mol. The highest BCUT2D eigenvalue weighted by Gasteiger charge is 2.12. The Labute approximate surface area is 126 Å². The molecule has 0 fully saturated rings. The van der Waals surface area contributed by atoms with Crippen molar-refractivity contribution in [1.29, 1.82) is 0 Å². The van der Waals surface area contributed by atoms with Crippen molar-refractivity contribution in [3.05, 3.63) is 69.8 Å². The number of nitrogens with zero attached hydrogens (tertiary/aromatic N) is 1. The molecular weight excluding hydrogens is 286 g/mol.